The highest BCUT2D eigenvalue weighted by Gasteiger charge is 2.13. The zero-order valence-electron chi connectivity index (χ0n) is 12.1. The molecule has 1 aromatic carbocycles. The van der Waals surface area contributed by atoms with Crippen LogP contribution >= 0.6 is 0 Å². The minimum atomic E-state index is -3.21. The number of carbonyl (C=O) groups excluding carboxylic acids is 1. The van der Waals surface area contributed by atoms with Gasteiger partial charge in [-0.2, -0.15) is 0 Å². The van der Waals surface area contributed by atoms with Gasteiger partial charge in [0.15, 0.2) is 9.84 Å². The number of carboxylic acid groups (broad SMARTS) is 1. The number of hydrogen-bond acceptors (Lipinski definition) is 4. The minimum absolute atomic E-state index is 0.0464. The molecule has 0 aliphatic carbocycles. The van der Waals surface area contributed by atoms with E-state index in [-0.39, 0.29) is 29.5 Å². The van der Waals surface area contributed by atoms with E-state index in [1.165, 1.54) is 19.2 Å². The second-order valence-electron chi connectivity index (χ2n) is 4.69. The molecule has 0 saturated carbocycles. The third-order valence-corrected chi connectivity index (χ3v) is 4.84. The van der Waals surface area contributed by atoms with Crippen molar-refractivity contribution in [3.8, 4) is 0 Å². The van der Waals surface area contributed by atoms with Crippen molar-refractivity contribution >= 4 is 21.7 Å². The Morgan fingerprint density at radius 3 is 2.24 bits per heavy atom. The molecule has 0 bridgehead atoms. The second kappa shape index (κ2) is 7.21. The average Bonchev–Trinajstić information content (AvgIpc) is 2.44. The minimum Gasteiger partial charge on any atom is -0.480 e. The predicted octanol–water partition coefficient (Wildman–Crippen LogP) is 0.956. The van der Waals surface area contributed by atoms with Crippen molar-refractivity contribution in [1.29, 1.82) is 0 Å². The molecule has 0 atom stereocenters. The van der Waals surface area contributed by atoms with Crippen molar-refractivity contribution in [2.75, 3.05) is 19.3 Å². The first-order chi connectivity index (χ1) is 9.76. The molecule has 0 heterocycles. The SMILES string of the molecule is CCS(=O)(=O)c1ccc(CCC(=O)N(C)CC(=O)O)cc1. The summed E-state index contributed by atoms with van der Waals surface area (Å²) in [7, 11) is -1.78. The highest BCUT2D eigenvalue weighted by Crippen LogP contribution is 2.13. The fourth-order valence-corrected chi connectivity index (χ4v) is 2.65. The van der Waals surface area contributed by atoms with E-state index in [4.69, 9.17) is 5.11 Å². The van der Waals surface area contributed by atoms with Gasteiger partial charge >= 0.3 is 5.97 Å². The third kappa shape index (κ3) is 5.18. The Hall–Kier alpha value is -1.89. The van der Waals surface area contributed by atoms with E-state index in [1.54, 1.807) is 19.1 Å². The Balaban J connectivity index is 2.61. The van der Waals surface area contributed by atoms with Crippen molar-refractivity contribution in [2.24, 2.45) is 0 Å². The number of sulfone groups is 1. The number of rotatable bonds is 7. The quantitative estimate of drug-likeness (QED) is 0.809. The lowest BCUT2D eigenvalue weighted by Crippen LogP contribution is -2.32. The van der Waals surface area contributed by atoms with E-state index in [2.05, 4.69) is 0 Å². The monoisotopic (exact) mass is 313 g/mol. The Labute approximate surface area is 124 Å². The maximum absolute atomic E-state index is 11.7. The molecule has 7 heteroatoms. The van der Waals surface area contributed by atoms with Gasteiger partial charge in [-0.15, -0.1) is 0 Å². The summed E-state index contributed by atoms with van der Waals surface area (Å²) in [6.45, 7) is 1.26. The van der Waals surface area contributed by atoms with Crippen molar-refractivity contribution in [3.63, 3.8) is 0 Å². The number of carbonyl (C=O) groups is 2. The van der Waals surface area contributed by atoms with E-state index < -0.39 is 15.8 Å². The first-order valence-electron chi connectivity index (χ1n) is 6.53. The Kier molecular flexibility index (Phi) is 5.90. The summed E-state index contributed by atoms with van der Waals surface area (Å²) in [5.74, 6) is -1.27. The summed E-state index contributed by atoms with van der Waals surface area (Å²) in [6.07, 6.45) is 0.624. The van der Waals surface area contributed by atoms with Gasteiger partial charge in [-0.05, 0) is 24.1 Å². The van der Waals surface area contributed by atoms with Gasteiger partial charge in [-0.3, -0.25) is 9.59 Å². The van der Waals surface area contributed by atoms with Crippen LogP contribution < -0.4 is 0 Å². The molecule has 6 nitrogen and oxygen atoms in total. The largest absolute Gasteiger partial charge is 0.480 e. The first kappa shape index (κ1) is 17.2. The van der Waals surface area contributed by atoms with Crippen molar-refractivity contribution in [1.82, 2.24) is 4.90 Å². The molecule has 0 fully saturated rings. The number of nitrogens with zero attached hydrogens (tertiary/aromatic N) is 1. The van der Waals surface area contributed by atoms with Crippen LogP contribution in [0.25, 0.3) is 0 Å². The van der Waals surface area contributed by atoms with Gasteiger partial charge < -0.3 is 10.0 Å². The van der Waals surface area contributed by atoms with Gasteiger partial charge in [0.05, 0.1) is 10.6 Å². The summed E-state index contributed by atoms with van der Waals surface area (Å²) >= 11 is 0. The lowest BCUT2D eigenvalue weighted by molar-refractivity contribution is -0.143. The molecule has 0 unspecified atom stereocenters. The fraction of sp³-hybridized carbons (Fsp3) is 0.429. The van der Waals surface area contributed by atoms with Crippen molar-refractivity contribution < 1.29 is 23.1 Å². The fourth-order valence-electron chi connectivity index (χ4n) is 1.76. The molecular weight excluding hydrogens is 294 g/mol. The van der Waals surface area contributed by atoms with Crippen LogP contribution in [-0.4, -0.2) is 49.6 Å². The van der Waals surface area contributed by atoms with Crippen LogP contribution in [0.5, 0.6) is 0 Å². The van der Waals surface area contributed by atoms with Crippen LogP contribution in [0.15, 0.2) is 29.2 Å². The van der Waals surface area contributed by atoms with Crippen LogP contribution in [-0.2, 0) is 25.8 Å². The van der Waals surface area contributed by atoms with Crippen molar-refractivity contribution in [3.05, 3.63) is 29.8 Å². The molecule has 1 rings (SSSR count). The van der Waals surface area contributed by atoms with E-state index in [9.17, 15) is 18.0 Å². The molecule has 1 aromatic rings. The molecule has 0 spiro atoms. The average molecular weight is 313 g/mol. The van der Waals surface area contributed by atoms with Crippen LogP contribution in [0.3, 0.4) is 0 Å². The second-order valence-corrected chi connectivity index (χ2v) is 6.97. The molecule has 1 N–H and O–H groups in total. The molecular formula is C14H19NO5S. The molecule has 21 heavy (non-hydrogen) atoms. The number of carboxylic acids is 1. The lowest BCUT2D eigenvalue weighted by atomic mass is 10.1. The number of amides is 1. The number of likely N-dealkylation sites (N-methyl/N-ethyl adjacent to an activating group) is 1. The molecule has 0 saturated heterocycles. The van der Waals surface area contributed by atoms with Gasteiger partial charge in [0.25, 0.3) is 0 Å². The van der Waals surface area contributed by atoms with E-state index in [1.807, 2.05) is 0 Å². The van der Waals surface area contributed by atoms with E-state index in [0.29, 0.717) is 6.42 Å². The summed E-state index contributed by atoms with van der Waals surface area (Å²) in [4.78, 5) is 23.6. The summed E-state index contributed by atoms with van der Waals surface area (Å²) in [6, 6.07) is 6.40. The summed E-state index contributed by atoms with van der Waals surface area (Å²) in [5.41, 5.74) is 0.835. The third-order valence-electron chi connectivity index (χ3n) is 3.09. The lowest BCUT2D eigenvalue weighted by Gasteiger charge is -2.14. The Morgan fingerprint density at radius 1 is 1.19 bits per heavy atom. The number of benzene rings is 1. The molecule has 1 amide bonds. The van der Waals surface area contributed by atoms with Gasteiger partial charge in [0, 0.05) is 13.5 Å². The summed E-state index contributed by atoms with van der Waals surface area (Å²) in [5, 5.41) is 8.60. The Morgan fingerprint density at radius 2 is 1.76 bits per heavy atom. The Bertz CT molecular complexity index is 607. The predicted molar refractivity (Wildman–Crippen MR) is 77.8 cm³/mol. The zero-order chi connectivity index (χ0) is 16.0. The number of hydrogen-bond donors (Lipinski definition) is 1. The van der Waals surface area contributed by atoms with Crippen LogP contribution in [0.1, 0.15) is 18.9 Å². The normalized spacial score (nSPS) is 11.1. The van der Waals surface area contributed by atoms with Crippen LogP contribution in [0.4, 0.5) is 0 Å². The van der Waals surface area contributed by atoms with E-state index >= 15 is 0 Å². The van der Waals surface area contributed by atoms with E-state index in [0.717, 1.165) is 10.5 Å². The molecule has 116 valence electrons. The van der Waals surface area contributed by atoms with Gasteiger partial charge in [-0.25, -0.2) is 8.42 Å². The molecule has 0 aromatic heterocycles. The molecule has 0 aliphatic heterocycles. The first-order valence-corrected chi connectivity index (χ1v) is 8.19. The van der Waals surface area contributed by atoms with Gasteiger partial charge in [0.2, 0.25) is 5.91 Å². The molecule has 0 radical (unpaired) electrons. The van der Waals surface area contributed by atoms with Gasteiger partial charge in [0.1, 0.15) is 6.54 Å². The highest BCUT2D eigenvalue weighted by molar-refractivity contribution is 7.91. The maximum Gasteiger partial charge on any atom is 0.323 e. The summed E-state index contributed by atoms with van der Waals surface area (Å²) < 4.78 is 23.3. The zero-order valence-corrected chi connectivity index (χ0v) is 12.9. The maximum atomic E-state index is 11.7. The van der Waals surface area contributed by atoms with Crippen LogP contribution in [0, 0.1) is 0 Å². The molecule has 0 aliphatic rings. The standard InChI is InChI=1S/C14H19NO5S/c1-3-21(19,20)12-7-4-11(5-8-12)6-9-13(16)15(2)10-14(17)18/h4-5,7-8H,3,6,9-10H2,1-2H3,(H,17,18). The highest BCUT2D eigenvalue weighted by atomic mass is 32.2. The van der Waals surface area contributed by atoms with Crippen molar-refractivity contribution in [2.45, 2.75) is 24.7 Å². The van der Waals surface area contributed by atoms with Gasteiger partial charge in [-0.1, -0.05) is 19.1 Å². The topological polar surface area (TPSA) is 91.8 Å². The smallest absolute Gasteiger partial charge is 0.323 e. The van der Waals surface area contributed by atoms with Crippen LogP contribution in [0.2, 0.25) is 0 Å². The number of aliphatic carboxylic acids is 1. The number of aryl methyl sites for hydroxylation is 1.